The monoisotopic (exact) mass is 234 g/mol. The number of nitrogens with two attached hydrogens (primary N) is 1. The number of aliphatic hydroxyl groups is 1. The Morgan fingerprint density at radius 2 is 2.06 bits per heavy atom. The lowest BCUT2D eigenvalue weighted by molar-refractivity contribution is 0.0489. The zero-order valence-corrected chi connectivity index (χ0v) is 10.5. The first kappa shape index (κ1) is 15.8. The fraction of sp³-hybridized carbons (Fsp3) is 1.00. The molecule has 0 aromatic heterocycles. The summed E-state index contributed by atoms with van der Waals surface area (Å²) in [5, 5.41) is 8.92. The molecule has 0 bridgehead atoms. The molecule has 0 amide bonds. The van der Waals surface area contributed by atoms with E-state index in [0.717, 1.165) is 19.5 Å². The summed E-state index contributed by atoms with van der Waals surface area (Å²) >= 11 is 0. The molecule has 0 rings (SSSR count). The minimum absolute atomic E-state index is 0.119. The Morgan fingerprint density at radius 3 is 2.56 bits per heavy atom. The van der Waals surface area contributed by atoms with Gasteiger partial charge in [-0.15, -0.1) is 0 Å². The third kappa shape index (κ3) is 8.01. The standard InChI is InChI=1S/C11H26N2O3/c1-3-16-11(10-12)4-5-13(6-8-14)7-9-15-2/h11,14H,3-10,12H2,1-2H3. The summed E-state index contributed by atoms with van der Waals surface area (Å²) in [6.07, 6.45) is 1.02. The Bertz CT molecular complexity index is 147. The molecule has 0 aliphatic carbocycles. The molecular weight excluding hydrogens is 208 g/mol. The summed E-state index contributed by atoms with van der Waals surface area (Å²) in [4.78, 5) is 2.16. The van der Waals surface area contributed by atoms with Crippen LogP contribution in [0.3, 0.4) is 0 Å². The predicted molar refractivity (Wildman–Crippen MR) is 64.5 cm³/mol. The SMILES string of the molecule is CCOC(CN)CCN(CCO)CCOC. The first-order valence-electron chi connectivity index (χ1n) is 5.92. The molecule has 0 aromatic carbocycles. The Morgan fingerprint density at radius 1 is 1.31 bits per heavy atom. The largest absolute Gasteiger partial charge is 0.395 e. The fourth-order valence-corrected chi connectivity index (χ4v) is 1.53. The molecule has 3 N–H and O–H groups in total. The van der Waals surface area contributed by atoms with Crippen LogP contribution in [0, 0.1) is 0 Å². The first-order chi connectivity index (χ1) is 7.78. The van der Waals surface area contributed by atoms with E-state index in [1.165, 1.54) is 0 Å². The summed E-state index contributed by atoms with van der Waals surface area (Å²) in [6.45, 7) is 6.46. The van der Waals surface area contributed by atoms with E-state index >= 15 is 0 Å². The third-order valence-corrected chi connectivity index (χ3v) is 2.46. The van der Waals surface area contributed by atoms with Crippen LogP contribution in [0.2, 0.25) is 0 Å². The summed E-state index contributed by atoms with van der Waals surface area (Å²) in [7, 11) is 1.68. The Kier molecular flexibility index (Phi) is 11.1. The molecule has 0 aromatic rings. The zero-order valence-electron chi connectivity index (χ0n) is 10.5. The van der Waals surface area contributed by atoms with Crippen molar-refractivity contribution in [3.63, 3.8) is 0 Å². The minimum atomic E-state index is 0.119. The van der Waals surface area contributed by atoms with Crippen molar-refractivity contribution in [3.05, 3.63) is 0 Å². The van der Waals surface area contributed by atoms with Gasteiger partial charge in [-0.2, -0.15) is 0 Å². The summed E-state index contributed by atoms with van der Waals surface area (Å²) in [6, 6.07) is 0. The predicted octanol–water partition coefficient (Wildman–Crippen LogP) is -0.319. The average Bonchev–Trinajstić information content (AvgIpc) is 2.30. The van der Waals surface area contributed by atoms with E-state index in [4.69, 9.17) is 20.3 Å². The van der Waals surface area contributed by atoms with Gasteiger partial charge in [-0.25, -0.2) is 0 Å². The molecular formula is C11H26N2O3. The van der Waals surface area contributed by atoms with Gasteiger partial charge in [-0.3, -0.25) is 4.90 Å². The molecule has 5 nitrogen and oxygen atoms in total. The second-order valence-electron chi connectivity index (χ2n) is 3.66. The van der Waals surface area contributed by atoms with Gasteiger partial charge in [0.2, 0.25) is 0 Å². The second-order valence-corrected chi connectivity index (χ2v) is 3.66. The van der Waals surface area contributed by atoms with E-state index in [0.29, 0.717) is 26.3 Å². The molecule has 1 atom stereocenters. The van der Waals surface area contributed by atoms with Crippen molar-refractivity contribution >= 4 is 0 Å². The number of nitrogens with zero attached hydrogens (tertiary/aromatic N) is 1. The molecule has 0 aliphatic heterocycles. The van der Waals surface area contributed by atoms with Crippen molar-refractivity contribution in [1.82, 2.24) is 4.90 Å². The van der Waals surface area contributed by atoms with Crippen LogP contribution >= 0.6 is 0 Å². The molecule has 0 fully saturated rings. The Hall–Kier alpha value is -0.200. The van der Waals surface area contributed by atoms with Crippen molar-refractivity contribution in [1.29, 1.82) is 0 Å². The van der Waals surface area contributed by atoms with E-state index in [2.05, 4.69) is 4.90 Å². The van der Waals surface area contributed by atoms with E-state index in [1.807, 2.05) is 6.92 Å². The minimum Gasteiger partial charge on any atom is -0.395 e. The highest BCUT2D eigenvalue weighted by Crippen LogP contribution is 2.00. The van der Waals surface area contributed by atoms with Crippen LogP contribution in [0.4, 0.5) is 0 Å². The third-order valence-electron chi connectivity index (χ3n) is 2.46. The van der Waals surface area contributed by atoms with Gasteiger partial charge in [0.05, 0.1) is 19.3 Å². The number of hydrogen-bond donors (Lipinski definition) is 2. The maximum absolute atomic E-state index is 8.92. The number of methoxy groups -OCH3 is 1. The van der Waals surface area contributed by atoms with Gasteiger partial charge in [0, 0.05) is 39.9 Å². The van der Waals surface area contributed by atoms with Crippen LogP contribution in [0.15, 0.2) is 0 Å². The van der Waals surface area contributed by atoms with Gasteiger partial charge < -0.3 is 20.3 Å². The van der Waals surface area contributed by atoms with Crippen molar-refractivity contribution in [3.8, 4) is 0 Å². The lowest BCUT2D eigenvalue weighted by Gasteiger charge is -2.23. The van der Waals surface area contributed by atoms with Crippen LogP contribution in [0.5, 0.6) is 0 Å². The van der Waals surface area contributed by atoms with Crippen LogP contribution in [0.1, 0.15) is 13.3 Å². The first-order valence-corrected chi connectivity index (χ1v) is 5.92. The topological polar surface area (TPSA) is 68.0 Å². The highest BCUT2D eigenvalue weighted by Gasteiger charge is 2.09. The van der Waals surface area contributed by atoms with Crippen molar-refractivity contribution < 1.29 is 14.6 Å². The molecule has 0 radical (unpaired) electrons. The number of rotatable bonds is 11. The van der Waals surface area contributed by atoms with Crippen molar-refractivity contribution in [2.75, 3.05) is 53.1 Å². The van der Waals surface area contributed by atoms with Gasteiger partial charge in [0.25, 0.3) is 0 Å². The van der Waals surface area contributed by atoms with Crippen LogP contribution in [-0.2, 0) is 9.47 Å². The molecule has 98 valence electrons. The molecule has 1 unspecified atom stereocenters. The molecule has 0 heterocycles. The van der Waals surface area contributed by atoms with Gasteiger partial charge in [-0.05, 0) is 13.3 Å². The van der Waals surface area contributed by atoms with Crippen molar-refractivity contribution in [2.24, 2.45) is 5.73 Å². The maximum atomic E-state index is 8.92. The van der Waals surface area contributed by atoms with Crippen LogP contribution in [0.25, 0.3) is 0 Å². The number of aliphatic hydroxyl groups excluding tert-OH is 1. The average molecular weight is 234 g/mol. The molecule has 0 saturated carbocycles. The zero-order chi connectivity index (χ0) is 12.2. The van der Waals surface area contributed by atoms with E-state index in [-0.39, 0.29) is 12.7 Å². The lowest BCUT2D eigenvalue weighted by Crippen LogP contribution is -2.35. The highest BCUT2D eigenvalue weighted by atomic mass is 16.5. The van der Waals surface area contributed by atoms with E-state index < -0.39 is 0 Å². The smallest absolute Gasteiger partial charge is 0.0709 e. The summed E-state index contributed by atoms with van der Waals surface area (Å²) < 4.78 is 10.5. The molecule has 0 aliphatic rings. The van der Waals surface area contributed by atoms with Gasteiger partial charge in [0.1, 0.15) is 0 Å². The highest BCUT2D eigenvalue weighted by molar-refractivity contribution is 4.64. The van der Waals surface area contributed by atoms with Gasteiger partial charge in [-0.1, -0.05) is 0 Å². The molecule has 16 heavy (non-hydrogen) atoms. The number of ether oxygens (including phenoxy) is 2. The normalized spacial score (nSPS) is 13.3. The maximum Gasteiger partial charge on any atom is 0.0709 e. The van der Waals surface area contributed by atoms with Crippen LogP contribution in [-0.4, -0.2) is 69.2 Å². The summed E-state index contributed by atoms with van der Waals surface area (Å²) in [5.74, 6) is 0. The Balaban J connectivity index is 3.78. The molecule has 0 saturated heterocycles. The van der Waals surface area contributed by atoms with Crippen LogP contribution < -0.4 is 5.73 Å². The van der Waals surface area contributed by atoms with Crippen molar-refractivity contribution in [2.45, 2.75) is 19.4 Å². The molecule has 5 heteroatoms. The molecule has 0 spiro atoms. The van der Waals surface area contributed by atoms with E-state index in [9.17, 15) is 0 Å². The quantitative estimate of drug-likeness (QED) is 0.513. The second kappa shape index (κ2) is 11.3. The lowest BCUT2D eigenvalue weighted by atomic mass is 10.2. The summed E-state index contributed by atoms with van der Waals surface area (Å²) in [5.41, 5.74) is 5.60. The Labute approximate surface area is 98.5 Å². The number of hydrogen-bond acceptors (Lipinski definition) is 5. The van der Waals surface area contributed by atoms with Gasteiger partial charge in [0.15, 0.2) is 0 Å². The fourth-order valence-electron chi connectivity index (χ4n) is 1.53. The van der Waals surface area contributed by atoms with E-state index in [1.54, 1.807) is 7.11 Å². The van der Waals surface area contributed by atoms with Gasteiger partial charge >= 0.3 is 0 Å².